The van der Waals surface area contributed by atoms with Gasteiger partial charge in [-0.05, 0) is 0 Å². The molecule has 0 radical (unpaired) electrons. The van der Waals surface area contributed by atoms with Crippen molar-refractivity contribution in [3.05, 3.63) is 0 Å². The number of hydrogen-bond acceptors (Lipinski definition) is 7. The maximum absolute atomic E-state index is 8.52. The van der Waals surface area contributed by atoms with Gasteiger partial charge in [0.1, 0.15) is 0 Å². The van der Waals surface area contributed by atoms with Crippen LogP contribution in [-0.2, 0) is 10.4 Å². The average Bonchev–Trinajstić information content (AvgIpc) is 1.19. The van der Waals surface area contributed by atoms with Crippen molar-refractivity contribution in [2.24, 2.45) is 0 Å². The summed E-state index contributed by atoms with van der Waals surface area (Å²) in [5, 5.41) is 25.2. The number of rotatable bonds is 0. The summed E-state index contributed by atoms with van der Waals surface area (Å²) in [6.07, 6.45) is 0. The predicted octanol–water partition coefficient (Wildman–Crippen LogP) is -20.3. The molecule has 14 heavy (non-hydrogen) atoms. The summed E-state index contributed by atoms with van der Waals surface area (Å²) in [7, 11) is -8.08. The Morgan fingerprint density at radius 2 is 0.714 bits per heavy atom. The smallest absolute Gasteiger partial charge is 0.907 e. The van der Waals surface area contributed by atoms with Gasteiger partial charge in [0.15, 0.2) is 0 Å². The Morgan fingerprint density at radius 3 is 0.714 bits per heavy atom. The topological polar surface area (TPSA) is 149 Å². The molecule has 7 nitrogen and oxygen atoms in total. The fourth-order valence-electron chi connectivity index (χ4n) is 0. The standard InChI is InChI=1S/BO3.5Na.H2O4S/c2-1(3)4;;;;;;1-5(2,3)4/h;;;;;;(H2,1,2,3,4)/q-3;5*+1;/p-2. The second kappa shape index (κ2) is 26.4. The van der Waals surface area contributed by atoms with Crippen LogP contribution in [-0.4, -0.2) is 24.8 Å². The van der Waals surface area contributed by atoms with Gasteiger partial charge >= 0.3 is 148 Å². The van der Waals surface area contributed by atoms with E-state index in [9.17, 15) is 0 Å². The second-order valence-electron chi connectivity index (χ2n) is 0.697. The first kappa shape index (κ1) is 42.8. The van der Waals surface area contributed by atoms with Crippen molar-refractivity contribution in [1.29, 1.82) is 0 Å². The van der Waals surface area contributed by atoms with Gasteiger partial charge in [0.25, 0.3) is 0 Å². The molecule has 0 spiro atoms. The maximum atomic E-state index is 8.52. The molecule has 0 aliphatic carbocycles. The fraction of sp³-hybridized carbons (Fsp3) is 0. The van der Waals surface area contributed by atoms with E-state index in [0.29, 0.717) is 0 Å². The second-order valence-corrected chi connectivity index (χ2v) is 1.51. The van der Waals surface area contributed by atoms with Gasteiger partial charge < -0.3 is 24.2 Å². The zero-order chi connectivity index (χ0) is 8.08. The Morgan fingerprint density at radius 1 is 0.714 bits per heavy atom. The van der Waals surface area contributed by atoms with Crippen LogP contribution in [0.15, 0.2) is 0 Å². The number of hydrogen-bond donors (Lipinski definition) is 0. The Balaban J connectivity index is -0.0000000104. The van der Waals surface area contributed by atoms with Crippen LogP contribution in [0.2, 0.25) is 0 Å². The molecule has 0 saturated heterocycles. The maximum Gasteiger partial charge on any atom is 1.00 e. The monoisotopic (exact) mass is 270 g/mol. The summed E-state index contributed by atoms with van der Waals surface area (Å²) >= 11 is 0. The van der Waals surface area contributed by atoms with Gasteiger partial charge in [0.05, 0.1) is 0 Å². The van der Waals surface area contributed by atoms with Crippen molar-refractivity contribution in [1.82, 2.24) is 0 Å². The zero-order valence-electron chi connectivity index (χ0n) is 8.84. The molecule has 56 valence electrons. The molecule has 0 amide bonds. The van der Waals surface area contributed by atoms with Crippen LogP contribution in [0.5, 0.6) is 0 Å². The molecule has 0 fully saturated rings. The van der Waals surface area contributed by atoms with Gasteiger partial charge in [-0.2, -0.15) is 0 Å². The third kappa shape index (κ3) is 181. The van der Waals surface area contributed by atoms with Crippen molar-refractivity contribution in [3.8, 4) is 0 Å². The van der Waals surface area contributed by atoms with Crippen LogP contribution < -0.4 is 163 Å². The average molecular weight is 270 g/mol. The van der Waals surface area contributed by atoms with E-state index in [4.69, 9.17) is 32.6 Å². The quantitative estimate of drug-likeness (QED) is 0.241. The van der Waals surface area contributed by atoms with Crippen LogP contribution in [0, 0.1) is 0 Å². The van der Waals surface area contributed by atoms with Crippen molar-refractivity contribution >= 4 is 17.7 Å². The van der Waals surface area contributed by atoms with Gasteiger partial charge in [-0.1, -0.05) is 0 Å². The molecule has 0 rings (SSSR count). The van der Waals surface area contributed by atoms with Crippen molar-refractivity contribution in [3.63, 3.8) is 0 Å². The molecule has 0 aromatic rings. The van der Waals surface area contributed by atoms with Crippen molar-refractivity contribution in [2.45, 2.75) is 0 Å². The van der Waals surface area contributed by atoms with Gasteiger partial charge in [0, 0.05) is 10.4 Å². The third-order valence-electron chi connectivity index (χ3n) is 0. The molecule has 0 aliphatic heterocycles. The Hall–Kier alpha value is 4.81. The van der Waals surface area contributed by atoms with Crippen LogP contribution in [0.1, 0.15) is 0 Å². The van der Waals surface area contributed by atoms with Crippen LogP contribution in [0.4, 0.5) is 0 Å². The van der Waals surface area contributed by atoms with Crippen molar-refractivity contribution < 1.29 is 180 Å². The van der Waals surface area contributed by atoms with Crippen LogP contribution in [0.25, 0.3) is 0 Å². The molecule has 0 heterocycles. The summed E-state index contributed by atoms with van der Waals surface area (Å²) in [5.41, 5.74) is 0. The van der Waals surface area contributed by atoms with Gasteiger partial charge in [-0.3, -0.25) is 15.7 Å². The first-order valence-electron chi connectivity index (χ1n) is 1.37. The van der Waals surface area contributed by atoms with Crippen LogP contribution in [0.3, 0.4) is 0 Å². The Labute approximate surface area is 193 Å². The van der Waals surface area contributed by atoms with Gasteiger partial charge in [0.2, 0.25) is 0 Å². The van der Waals surface area contributed by atoms with Gasteiger partial charge in [-0.15, -0.1) is 0 Å². The van der Waals surface area contributed by atoms with E-state index in [1.54, 1.807) is 0 Å². The molecule has 14 heteroatoms. The van der Waals surface area contributed by atoms with E-state index < -0.39 is 17.7 Å². The largest absolute Gasteiger partial charge is 1.00 e. The van der Waals surface area contributed by atoms with E-state index in [2.05, 4.69) is 0 Å². The minimum atomic E-state index is -5.17. The fourth-order valence-corrected chi connectivity index (χ4v) is 0. The SMILES string of the molecule is O=S(=O)([O-])[O-].[Na+].[Na+].[Na+].[Na+].[Na+].[O-]B([O-])[O-]. The predicted molar refractivity (Wildman–Crippen MR) is 16.2 cm³/mol. The molecule has 0 bridgehead atoms. The molecule has 0 N–H and O–H groups in total. The molecule has 0 atom stereocenters. The first-order valence-corrected chi connectivity index (χ1v) is 2.71. The van der Waals surface area contributed by atoms with Gasteiger partial charge in [-0.25, -0.2) is 0 Å². The van der Waals surface area contributed by atoms with E-state index in [1.807, 2.05) is 0 Å². The summed E-state index contributed by atoms with van der Waals surface area (Å²) in [5.74, 6) is 0. The molecule has 0 unspecified atom stereocenters. The Kier molecular flexibility index (Phi) is 80.6. The molecular formula is BNa5O7S. The van der Waals surface area contributed by atoms with E-state index in [-0.39, 0.29) is 148 Å². The third-order valence-corrected chi connectivity index (χ3v) is 0. The molecule has 0 aliphatic rings. The summed E-state index contributed by atoms with van der Waals surface area (Å²) in [6.45, 7) is 0. The van der Waals surface area contributed by atoms with E-state index in [0.717, 1.165) is 0 Å². The summed E-state index contributed by atoms with van der Waals surface area (Å²) in [4.78, 5) is 0. The normalized spacial score (nSPS) is 6.07. The molecular weight excluding hydrogens is 270 g/mol. The minimum absolute atomic E-state index is 0. The van der Waals surface area contributed by atoms with E-state index in [1.165, 1.54) is 0 Å². The minimum Gasteiger partial charge on any atom is -0.907 e. The molecule has 0 aromatic carbocycles. The van der Waals surface area contributed by atoms with Crippen LogP contribution >= 0.6 is 0 Å². The first-order chi connectivity index (χ1) is 3.73. The Bertz CT molecular complexity index is 133. The molecule has 0 aromatic heterocycles. The van der Waals surface area contributed by atoms with Crippen molar-refractivity contribution in [2.75, 3.05) is 0 Å². The summed E-state index contributed by atoms with van der Waals surface area (Å²) < 4.78 is 34.1. The summed E-state index contributed by atoms with van der Waals surface area (Å²) in [6, 6.07) is 0. The molecule has 0 saturated carbocycles. The van der Waals surface area contributed by atoms with E-state index >= 15 is 0 Å². The zero-order valence-corrected chi connectivity index (χ0v) is 19.7.